The topological polar surface area (TPSA) is 151 Å². The molecule has 0 spiro atoms. The number of nitrogens with one attached hydrogen (secondary N) is 3. The molecule has 9 nitrogen and oxygen atoms in total. The zero-order valence-electron chi connectivity index (χ0n) is 15.3. The van der Waals surface area contributed by atoms with Gasteiger partial charge in [0.15, 0.2) is 0 Å². The molecule has 0 aliphatic carbocycles. The molecule has 0 aromatic rings. The van der Waals surface area contributed by atoms with Crippen LogP contribution in [0.5, 0.6) is 0 Å². The van der Waals surface area contributed by atoms with E-state index in [9.17, 15) is 19.2 Å². The summed E-state index contributed by atoms with van der Waals surface area (Å²) >= 11 is 0. The van der Waals surface area contributed by atoms with Gasteiger partial charge in [-0.15, -0.1) is 0 Å². The lowest BCUT2D eigenvalue weighted by molar-refractivity contribution is -0.138. The van der Waals surface area contributed by atoms with Crippen LogP contribution in [0.3, 0.4) is 0 Å². The van der Waals surface area contributed by atoms with Crippen LogP contribution in [0.2, 0.25) is 0 Å². The number of hydrogen-bond donors (Lipinski definition) is 5. The molecule has 0 radical (unpaired) electrons. The lowest BCUT2D eigenvalue weighted by Gasteiger charge is -2.22. The second kappa shape index (κ2) is 11.4. The smallest absolute Gasteiger partial charge is 0.322 e. The third kappa shape index (κ3) is 11.1. The van der Waals surface area contributed by atoms with Crippen molar-refractivity contribution >= 4 is 23.7 Å². The molecule has 0 heterocycles. The molecule has 0 unspecified atom stereocenters. The van der Waals surface area contributed by atoms with Crippen LogP contribution in [-0.2, 0) is 19.2 Å². The monoisotopic (exact) mass is 358 g/mol. The minimum Gasteiger partial charge on any atom is -0.480 e. The van der Waals surface area contributed by atoms with Gasteiger partial charge in [-0.1, -0.05) is 27.7 Å². The van der Waals surface area contributed by atoms with Crippen LogP contribution in [-0.4, -0.2) is 54.0 Å². The first-order valence-electron chi connectivity index (χ1n) is 8.35. The van der Waals surface area contributed by atoms with E-state index in [1.807, 2.05) is 27.7 Å². The molecule has 3 amide bonds. The Morgan fingerprint density at radius 3 is 1.92 bits per heavy atom. The van der Waals surface area contributed by atoms with E-state index in [0.717, 1.165) is 0 Å². The van der Waals surface area contributed by atoms with Gasteiger partial charge >= 0.3 is 5.97 Å². The molecule has 0 aliphatic rings. The predicted molar refractivity (Wildman–Crippen MR) is 92.5 cm³/mol. The highest BCUT2D eigenvalue weighted by Crippen LogP contribution is 2.07. The Morgan fingerprint density at radius 2 is 1.44 bits per heavy atom. The number of carbonyl (C=O) groups excluding carboxylic acids is 3. The van der Waals surface area contributed by atoms with E-state index in [1.165, 1.54) is 0 Å². The maximum absolute atomic E-state index is 12.2. The molecule has 0 aromatic heterocycles. The maximum atomic E-state index is 12.2. The average molecular weight is 358 g/mol. The van der Waals surface area contributed by atoms with Crippen molar-refractivity contribution in [1.82, 2.24) is 16.0 Å². The lowest BCUT2D eigenvalue weighted by atomic mass is 10.0. The van der Waals surface area contributed by atoms with Crippen LogP contribution in [0, 0.1) is 11.8 Å². The minimum absolute atomic E-state index is 0.137. The molecule has 0 fully saturated rings. The van der Waals surface area contributed by atoms with Crippen LogP contribution < -0.4 is 21.7 Å². The van der Waals surface area contributed by atoms with Gasteiger partial charge in [0, 0.05) is 0 Å². The molecule has 6 N–H and O–H groups in total. The fraction of sp³-hybridized carbons (Fsp3) is 0.750. The number of carboxylic acids is 1. The predicted octanol–water partition coefficient (Wildman–Crippen LogP) is -0.792. The molecular weight excluding hydrogens is 328 g/mol. The molecule has 0 aliphatic heterocycles. The summed E-state index contributed by atoms with van der Waals surface area (Å²) in [6, 6.07) is -1.51. The standard InChI is InChI=1S/C16H30N4O5/c1-9(2)5-11(17)15(24)20-12(6-10(3)4)16(25)19-7-13(21)18-8-14(22)23/h9-12H,5-8,17H2,1-4H3,(H,18,21)(H,19,25)(H,20,24)(H,22,23)/t11-,12-/m0/s1. The van der Waals surface area contributed by atoms with Gasteiger partial charge in [-0.2, -0.15) is 0 Å². The Kier molecular flexibility index (Phi) is 10.4. The molecular formula is C16H30N4O5. The molecule has 144 valence electrons. The fourth-order valence-corrected chi connectivity index (χ4v) is 2.12. The maximum Gasteiger partial charge on any atom is 0.322 e. The van der Waals surface area contributed by atoms with Crippen molar-refractivity contribution in [1.29, 1.82) is 0 Å². The van der Waals surface area contributed by atoms with Crippen LogP contribution in [0.1, 0.15) is 40.5 Å². The van der Waals surface area contributed by atoms with E-state index in [1.54, 1.807) is 0 Å². The summed E-state index contributed by atoms with van der Waals surface area (Å²) in [5.74, 6) is -2.34. The van der Waals surface area contributed by atoms with Crippen molar-refractivity contribution in [2.75, 3.05) is 13.1 Å². The van der Waals surface area contributed by atoms with Gasteiger partial charge in [0.05, 0.1) is 12.6 Å². The van der Waals surface area contributed by atoms with Crippen LogP contribution >= 0.6 is 0 Å². The lowest BCUT2D eigenvalue weighted by Crippen LogP contribution is -2.53. The van der Waals surface area contributed by atoms with E-state index < -0.39 is 42.3 Å². The van der Waals surface area contributed by atoms with Crippen LogP contribution in [0.15, 0.2) is 0 Å². The molecule has 2 atom stereocenters. The van der Waals surface area contributed by atoms with Gasteiger partial charge in [0.2, 0.25) is 17.7 Å². The number of rotatable bonds is 11. The van der Waals surface area contributed by atoms with Gasteiger partial charge in [-0.05, 0) is 24.7 Å². The van der Waals surface area contributed by atoms with Gasteiger partial charge < -0.3 is 26.8 Å². The van der Waals surface area contributed by atoms with Crippen molar-refractivity contribution in [3.63, 3.8) is 0 Å². The molecule has 0 saturated heterocycles. The van der Waals surface area contributed by atoms with Gasteiger partial charge in [-0.3, -0.25) is 19.2 Å². The largest absolute Gasteiger partial charge is 0.480 e. The number of carboxylic acid groups (broad SMARTS) is 1. The number of amides is 3. The van der Waals surface area contributed by atoms with Crippen molar-refractivity contribution in [2.24, 2.45) is 17.6 Å². The zero-order valence-corrected chi connectivity index (χ0v) is 15.3. The second-order valence-corrected chi connectivity index (χ2v) is 6.82. The zero-order chi connectivity index (χ0) is 19.6. The van der Waals surface area contributed by atoms with Crippen LogP contribution in [0.25, 0.3) is 0 Å². The van der Waals surface area contributed by atoms with E-state index in [-0.39, 0.29) is 18.4 Å². The van der Waals surface area contributed by atoms with Crippen molar-refractivity contribution in [3.05, 3.63) is 0 Å². The van der Waals surface area contributed by atoms with Gasteiger partial charge in [0.1, 0.15) is 12.6 Å². The number of nitrogens with two attached hydrogens (primary N) is 1. The molecule has 0 saturated carbocycles. The summed E-state index contributed by atoms with van der Waals surface area (Å²) in [5.41, 5.74) is 5.82. The minimum atomic E-state index is -1.18. The van der Waals surface area contributed by atoms with Gasteiger partial charge in [-0.25, -0.2) is 0 Å². The second-order valence-electron chi connectivity index (χ2n) is 6.82. The molecule has 0 bridgehead atoms. The third-order valence-corrected chi connectivity index (χ3v) is 3.26. The quantitative estimate of drug-likeness (QED) is 0.326. The highest BCUT2D eigenvalue weighted by atomic mass is 16.4. The molecule has 0 rings (SSSR count). The summed E-state index contributed by atoms with van der Waals surface area (Å²) < 4.78 is 0. The summed E-state index contributed by atoms with van der Waals surface area (Å²) in [5, 5.41) is 15.6. The highest BCUT2D eigenvalue weighted by Gasteiger charge is 2.25. The number of carbonyl (C=O) groups is 4. The summed E-state index contributed by atoms with van der Waals surface area (Å²) in [7, 11) is 0. The Bertz CT molecular complexity index is 479. The normalized spacial score (nSPS) is 13.2. The van der Waals surface area contributed by atoms with E-state index in [0.29, 0.717) is 12.8 Å². The highest BCUT2D eigenvalue weighted by molar-refractivity contribution is 5.92. The van der Waals surface area contributed by atoms with Crippen molar-refractivity contribution < 1.29 is 24.3 Å². The fourth-order valence-electron chi connectivity index (χ4n) is 2.12. The summed E-state index contributed by atoms with van der Waals surface area (Å²) in [6.07, 6.45) is 0.891. The number of hydrogen-bond acceptors (Lipinski definition) is 5. The van der Waals surface area contributed by atoms with Gasteiger partial charge in [0.25, 0.3) is 0 Å². The Hall–Kier alpha value is -2.16. The van der Waals surface area contributed by atoms with Crippen molar-refractivity contribution in [3.8, 4) is 0 Å². The first-order valence-corrected chi connectivity index (χ1v) is 8.35. The Labute approximate surface area is 148 Å². The van der Waals surface area contributed by atoms with E-state index in [4.69, 9.17) is 10.8 Å². The van der Waals surface area contributed by atoms with Crippen LogP contribution in [0.4, 0.5) is 0 Å². The van der Waals surface area contributed by atoms with E-state index in [2.05, 4.69) is 16.0 Å². The first-order chi connectivity index (χ1) is 11.5. The average Bonchev–Trinajstić information content (AvgIpc) is 2.48. The van der Waals surface area contributed by atoms with E-state index >= 15 is 0 Å². The van der Waals surface area contributed by atoms with Crippen molar-refractivity contribution in [2.45, 2.75) is 52.6 Å². The third-order valence-electron chi connectivity index (χ3n) is 3.26. The SMILES string of the molecule is CC(C)C[C@H](NC(=O)[C@@H](N)CC(C)C)C(=O)NCC(=O)NCC(=O)O. The Morgan fingerprint density at radius 1 is 0.880 bits per heavy atom. The Balaban J connectivity index is 4.63. The first kappa shape index (κ1) is 22.8. The molecule has 25 heavy (non-hydrogen) atoms. The number of aliphatic carboxylic acids is 1. The molecule has 0 aromatic carbocycles. The summed E-state index contributed by atoms with van der Waals surface area (Å²) in [4.78, 5) is 46.2. The molecule has 9 heteroatoms. The summed E-state index contributed by atoms with van der Waals surface area (Å²) in [6.45, 7) is 6.81.